The molecule has 4 atom stereocenters. The molecule has 4 aromatic rings. The summed E-state index contributed by atoms with van der Waals surface area (Å²) in [7, 11) is 3.05. The average Bonchev–Trinajstić information content (AvgIpc) is 3.48. The third kappa shape index (κ3) is 3.40. The second-order valence-electron chi connectivity index (χ2n) is 10.3. The second kappa shape index (κ2) is 9.09. The minimum atomic E-state index is -0.861. The van der Waals surface area contributed by atoms with Crippen LogP contribution in [0, 0.1) is 11.8 Å². The SMILES string of the molecule is COc1ccc(C(=O)C2C3C(=O)N(c4ccc5ccccc5c4)C(=O)C3C3c4ccccc4C=CN23)cc1OC. The van der Waals surface area contributed by atoms with Gasteiger partial charge in [-0.25, -0.2) is 4.90 Å². The number of hydrogen-bond acceptors (Lipinski definition) is 6. The van der Waals surface area contributed by atoms with Gasteiger partial charge in [0.1, 0.15) is 6.04 Å². The van der Waals surface area contributed by atoms with Gasteiger partial charge in [0.25, 0.3) is 0 Å². The molecule has 4 aromatic carbocycles. The Kier molecular flexibility index (Phi) is 5.49. The van der Waals surface area contributed by atoms with E-state index in [1.165, 1.54) is 19.1 Å². The molecule has 7 nitrogen and oxygen atoms in total. The number of methoxy groups -OCH3 is 2. The molecule has 198 valence electrons. The molecule has 3 aliphatic rings. The number of ether oxygens (including phenoxy) is 2. The van der Waals surface area contributed by atoms with Crippen LogP contribution in [0.15, 0.2) is 91.1 Å². The van der Waals surface area contributed by atoms with Crippen molar-refractivity contribution >= 4 is 40.1 Å². The van der Waals surface area contributed by atoms with Crippen LogP contribution in [0.5, 0.6) is 11.5 Å². The summed E-state index contributed by atoms with van der Waals surface area (Å²) in [4.78, 5) is 45.8. The van der Waals surface area contributed by atoms with Crippen molar-refractivity contribution in [3.8, 4) is 11.5 Å². The van der Waals surface area contributed by atoms with Gasteiger partial charge in [-0.15, -0.1) is 0 Å². The molecule has 0 N–H and O–H groups in total. The molecular weight excluding hydrogens is 504 g/mol. The summed E-state index contributed by atoms with van der Waals surface area (Å²) in [6.07, 6.45) is 3.80. The number of carbonyl (C=O) groups is 3. The number of fused-ring (bicyclic) bond motifs is 6. The summed E-state index contributed by atoms with van der Waals surface area (Å²) in [6.45, 7) is 0. The predicted octanol–water partition coefficient (Wildman–Crippen LogP) is 5.26. The summed E-state index contributed by atoms with van der Waals surface area (Å²) < 4.78 is 10.8. The van der Waals surface area contributed by atoms with E-state index in [0.29, 0.717) is 22.7 Å². The van der Waals surface area contributed by atoms with Crippen LogP contribution >= 0.6 is 0 Å². The van der Waals surface area contributed by atoms with Crippen molar-refractivity contribution in [2.24, 2.45) is 11.8 Å². The quantitative estimate of drug-likeness (QED) is 0.259. The molecule has 0 aromatic heterocycles. The summed E-state index contributed by atoms with van der Waals surface area (Å²) in [5.74, 6) is -1.52. The van der Waals surface area contributed by atoms with E-state index >= 15 is 0 Å². The maximum Gasteiger partial charge on any atom is 0.240 e. The van der Waals surface area contributed by atoms with Gasteiger partial charge < -0.3 is 14.4 Å². The molecule has 3 heterocycles. The normalized spacial score (nSPS) is 22.8. The molecule has 0 aliphatic carbocycles. The van der Waals surface area contributed by atoms with Gasteiger partial charge in [0, 0.05) is 11.8 Å². The van der Waals surface area contributed by atoms with Gasteiger partial charge in [0.05, 0.1) is 37.8 Å². The van der Waals surface area contributed by atoms with Crippen molar-refractivity contribution in [1.29, 1.82) is 0 Å². The number of amides is 2. The standard InChI is InChI=1S/C33H26N2O5/c1-39-25-14-12-22(18-26(25)40-2)31(36)30-28-27(29-24-10-6-5-8-20(24)15-16-34(29)30)32(37)35(33(28)38)23-13-11-19-7-3-4-9-21(19)17-23/h3-18,27-30H,1-2H3. The molecule has 4 unspecified atom stereocenters. The zero-order valence-corrected chi connectivity index (χ0v) is 22.0. The minimum Gasteiger partial charge on any atom is -0.493 e. The first-order valence-electron chi connectivity index (χ1n) is 13.2. The number of Topliss-reactive ketones (excluding diaryl/α,β-unsaturated/α-hetero) is 1. The van der Waals surface area contributed by atoms with E-state index in [9.17, 15) is 14.4 Å². The van der Waals surface area contributed by atoms with E-state index in [4.69, 9.17) is 9.47 Å². The Morgan fingerprint density at radius 2 is 1.48 bits per heavy atom. The summed E-state index contributed by atoms with van der Waals surface area (Å²) in [5, 5.41) is 1.95. The molecule has 0 saturated carbocycles. The molecule has 7 heteroatoms. The van der Waals surface area contributed by atoms with Crippen molar-refractivity contribution in [3.05, 3.63) is 108 Å². The molecule has 0 spiro atoms. The summed E-state index contributed by atoms with van der Waals surface area (Å²) in [5.41, 5.74) is 2.82. The molecule has 40 heavy (non-hydrogen) atoms. The van der Waals surface area contributed by atoms with Crippen LogP contribution in [-0.4, -0.2) is 42.8 Å². The van der Waals surface area contributed by atoms with Crippen LogP contribution in [0.2, 0.25) is 0 Å². The lowest BCUT2D eigenvalue weighted by molar-refractivity contribution is -0.123. The third-order valence-corrected chi connectivity index (χ3v) is 8.39. The average molecular weight is 531 g/mol. The molecular formula is C33H26N2O5. The Morgan fingerprint density at radius 1 is 0.750 bits per heavy atom. The van der Waals surface area contributed by atoms with Gasteiger partial charge in [0.2, 0.25) is 11.8 Å². The molecule has 3 aliphatic heterocycles. The van der Waals surface area contributed by atoms with Crippen LogP contribution in [0.3, 0.4) is 0 Å². The van der Waals surface area contributed by atoms with Gasteiger partial charge in [0.15, 0.2) is 17.3 Å². The van der Waals surface area contributed by atoms with Gasteiger partial charge >= 0.3 is 0 Å². The number of anilines is 1. The fourth-order valence-electron chi connectivity index (χ4n) is 6.59. The number of carbonyl (C=O) groups excluding carboxylic acids is 3. The predicted molar refractivity (Wildman–Crippen MR) is 151 cm³/mol. The van der Waals surface area contributed by atoms with Crippen LogP contribution in [0.1, 0.15) is 27.5 Å². The maximum atomic E-state index is 14.2. The van der Waals surface area contributed by atoms with Crippen molar-refractivity contribution in [2.45, 2.75) is 12.1 Å². The maximum absolute atomic E-state index is 14.2. The Bertz CT molecular complexity index is 1740. The Labute approximate surface area is 231 Å². The van der Waals surface area contributed by atoms with Gasteiger partial charge in [-0.05, 0) is 58.3 Å². The first kappa shape index (κ1) is 24.2. The van der Waals surface area contributed by atoms with Crippen molar-refractivity contribution in [3.63, 3.8) is 0 Å². The Hall–Kier alpha value is -4.91. The van der Waals surface area contributed by atoms with E-state index in [-0.39, 0.29) is 17.6 Å². The highest BCUT2D eigenvalue weighted by Crippen LogP contribution is 2.54. The molecule has 2 amide bonds. The summed E-state index contributed by atoms with van der Waals surface area (Å²) >= 11 is 0. The Morgan fingerprint density at radius 3 is 2.27 bits per heavy atom. The lowest BCUT2D eigenvalue weighted by Crippen LogP contribution is -2.44. The first-order chi connectivity index (χ1) is 19.5. The van der Waals surface area contributed by atoms with E-state index < -0.39 is 23.9 Å². The largest absolute Gasteiger partial charge is 0.493 e. The van der Waals surface area contributed by atoms with Crippen molar-refractivity contribution in [1.82, 2.24) is 4.90 Å². The van der Waals surface area contributed by atoms with Crippen molar-refractivity contribution < 1.29 is 23.9 Å². The lowest BCUT2D eigenvalue weighted by Gasteiger charge is -2.35. The number of rotatable bonds is 5. The van der Waals surface area contributed by atoms with Crippen LogP contribution in [0.4, 0.5) is 5.69 Å². The minimum absolute atomic E-state index is 0.246. The van der Waals surface area contributed by atoms with Crippen LogP contribution < -0.4 is 14.4 Å². The van der Waals surface area contributed by atoms with Crippen molar-refractivity contribution in [2.75, 3.05) is 19.1 Å². The topological polar surface area (TPSA) is 76.2 Å². The second-order valence-corrected chi connectivity index (χ2v) is 10.3. The molecule has 7 rings (SSSR count). The third-order valence-electron chi connectivity index (χ3n) is 8.39. The highest BCUT2D eigenvalue weighted by atomic mass is 16.5. The van der Waals surface area contributed by atoms with Crippen LogP contribution in [-0.2, 0) is 9.59 Å². The van der Waals surface area contributed by atoms with E-state index in [1.54, 1.807) is 24.3 Å². The first-order valence-corrected chi connectivity index (χ1v) is 13.2. The van der Waals surface area contributed by atoms with Crippen LogP contribution in [0.25, 0.3) is 16.8 Å². The highest BCUT2D eigenvalue weighted by Gasteiger charge is 2.64. The number of ketones is 1. The van der Waals surface area contributed by atoms with E-state index in [2.05, 4.69) is 0 Å². The fraction of sp³-hybridized carbons (Fsp3) is 0.182. The highest BCUT2D eigenvalue weighted by molar-refractivity contribution is 6.25. The molecule has 0 radical (unpaired) electrons. The molecule has 2 fully saturated rings. The lowest BCUT2D eigenvalue weighted by atomic mass is 9.83. The van der Waals surface area contributed by atoms with Gasteiger partial charge in [-0.2, -0.15) is 0 Å². The van der Waals surface area contributed by atoms with Gasteiger partial charge in [-0.3, -0.25) is 14.4 Å². The van der Waals surface area contributed by atoms with Gasteiger partial charge in [-0.1, -0.05) is 54.6 Å². The number of benzene rings is 4. The smallest absolute Gasteiger partial charge is 0.240 e. The summed E-state index contributed by atoms with van der Waals surface area (Å²) in [6, 6.07) is 24.9. The molecule has 2 saturated heterocycles. The number of imide groups is 1. The molecule has 0 bridgehead atoms. The zero-order valence-electron chi connectivity index (χ0n) is 22.0. The Balaban J connectivity index is 1.36. The fourth-order valence-corrected chi connectivity index (χ4v) is 6.59. The van der Waals surface area contributed by atoms with E-state index in [1.807, 2.05) is 77.8 Å². The number of hydrogen-bond donors (Lipinski definition) is 0. The monoisotopic (exact) mass is 530 g/mol. The zero-order chi connectivity index (χ0) is 27.5. The number of nitrogens with zero attached hydrogens (tertiary/aromatic N) is 2. The van der Waals surface area contributed by atoms with E-state index in [0.717, 1.165) is 21.9 Å².